The zero-order valence-electron chi connectivity index (χ0n) is 12.6. The number of halogens is 2. The Morgan fingerprint density at radius 1 is 1.32 bits per heavy atom. The van der Waals surface area contributed by atoms with E-state index in [1.165, 1.54) is 19.2 Å². The van der Waals surface area contributed by atoms with Crippen molar-refractivity contribution >= 4 is 5.97 Å². The Labute approximate surface area is 129 Å². The van der Waals surface area contributed by atoms with Crippen LogP contribution in [0.2, 0.25) is 0 Å². The smallest absolute Gasteiger partial charge is 0.341 e. The maximum Gasteiger partial charge on any atom is 0.341 e. The molecule has 22 heavy (non-hydrogen) atoms. The van der Waals surface area contributed by atoms with E-state index in [2.05, 4.69) is 4.74 Å². The Hall–Kier alpha value is -1.53. The van der Waals surface area contributed by atoms with Crippen molar-refractivity contribution in [3.05, 3.63) is 35.6 Å². The van der Waals surface area contributed by atoms with Crippen molar-refractivity contribution < 1.29 is 23.0 Å². The summed E-state index contributed by atoms with van der Waals surface area (Å²) in [4.78, 5) is 13.0. The number of methoxy groups -OCH3 is 1. The Morgan fingerprint density at radius 3 is 2.55 bits per heavy atom. The fourth-order valence-corrected chi connectivity index (χ4v) is 2.48. The Bertz CT molecular complexity index is 473. The molecule has 2 rings (SSSR count). The van der Waals surface area contributed by atoms with Crippen molar-refractivity contribution in [3.63, 3.8) is 0 Å². The average Bonchev–Trinajstić information content (AvgIpc) is 2.55. The fourth-order valence-electron chi connectivity index (χ4n) is 2.48. The molecule has 1 aromatic carbocycles. The molecule has 0 radical (unpaired) electrons. The number of esters is 1. The predicted molar refractivity (Wildman–Crippen MR) is 77.6 cm³/mol. The highest BCUT2D eigenvalue weighted by atomic mass is 19.1. The van der Waals surface area contributed by atoms with Crippen molar-refractivity contribution in [2.24, 2.45) is 0 Å². The van der Waals surface area contributed by atoms with E-state index in [-0.39, 0.29) is 18.5 Å². The van der Waals surface area contributed by atoms with Crippen molar-refractivity contribution in [2.75, 3.05) is 26.7 Å². The predicted octanol–water partition coefficient (Wildman–Crippen LogP) is 2.32. The third-order valence-electron chi connectivity index (χ3n) is 3.81. The molecule has 1 aliphatic rings. The van der Waals surface area contributed by atoms with E-state index in [4.69, 9.17) is 4.74 Å². The number of carbonyl (C=O) groups excluding carboxylic acids is 1. The largest absolute Gasteiger partial charge is 0.467 e. The molecule has 0 spiro atoms. The van der Waals surface area contributed by atoms with Gasteiger partial charge in [-0.1, -0.05) is 12.1 Å². The van der Waals surface area contributed by atoms with Gasteiger partial charge in [0.2, 0.25) is 6.17 Å². The second-order valence-corrected chi connectivity index (χ2v) is 5.43. The molecule has 4 nitrogen and oxygen atoms in total. The number of carbonyl (C=O) groups is 1. The summed E-state index contributed by atoms with van der Waals surface area (Å²) in [6, 6.07) is 6.23. The molecule has 1 atom stereocenters. The lowest BCUT2D eigenvalue weighted by Crippen LogP contribution is -2.42. The molecule has 1 aliphatic heterocycles. The third-order valence-corrected chi connectivity index (χ3v) is 3.81. The molecule has 1 fully saturated rings. The van der Waals surface area contributed by atoms with Crippen molar-refractivity contribution in [1.82, 2.24) is 4.90 Å². The van der Waals surface area contributed by atoms with E-state index in [1.807, 2.05) is 4.90 Å². The van der Waals surface area contributed by atoms with Crippen LogP contribution in [0.4, 0.5) is 8.78 Å². The number of hydrogen-bond acceptors (Lipinski definition) is 4. The van der Waals surface area contributed by atoms with Crippen molar-refractivity contribution in [3.8, 4) is 0 Å². The summed E-state index contributed by atoms with van der Waals surface area (Å²) in [5.41, 5.74) is 0.929. The highest BCUT2D eigenvalue weighted by Crippen LogP contribution is 2.16. The minimum Gasteiger partial charge on any atom is -0.467 e. The van der Waals surface area contributed by atoms with Gasteiger partial charge in [-0.25, -0.2) is 13.6 Å². The molecule has 0 aliphatic carbocycles. The molecule has 1 saturated heterocycles. The minimum atomic E-state index is -1.60. The van der Waals surface area contributed by atoms with Gasteiger partial charge >= 0.3 is 5.97 Å². The van der Waals surface area contributed by atoms with Crippen LogP contribution in [0.15, 0.2) is 24.3 Å². The van der Waals surface area contributed by atoms with Crippen molar-refractivity contribution in [1.29, 1.82) is 0 Å². The maximum atomic E-state index is 13.5. The summed E-state index contributed by atoms with van der Waals surface area (Å²) in [5, 5.41) is 0. The lowest BCUT2D eigenvalue weighted by molar-refractivity contribution is -0.147. The van der Waals surface area contributed by atoms with Gasteiger partial charge in [-0.2, -0.15) is 0 Å². The first-order valence-corrected chi connectivity index (χ1v) is 7.39. The van der Waals surface area contributed by atoms with Gasteiger partial charge in [0.1, 0.15) is 5.82 Å². The number of rotatable bonds is 6. The zero-order chi connectivity index (χ0) is 15.9. The van der Waals surface area contributed by atoms with Crippen LogP contribution >= 0.6 is 0 Å². The molecule has 1 heterocycles. The Kier molecular flexibility index (Phi) is 6.27. The second-order valence-electron chi connectivity index (χ2n) is 5.43. The van der Waals surface area contributed by atoms with Crippen LogP contribution < -0.4 is 0 Å². The summed E-state index contributed by atoms with van der Waals surface area (Å²) in [6.07, 6.45) is 0.0867. The van der Waals surface area contributed by atoms with Gasteiger partial charge in [-0.05, 0) is 30.5 Å². The second kappa shape index (κ2) is 8.19. The van der Waals surface area contributed by atoms with Gasteiger partial charge in [0.15, 0.2) is 0 Å². The quantitative estimate of drug-likeness (QED) is 0.756. The number of hydrogen-bond donors (Lipinski definition) is 0. The number of alkyl halides is 1. The molecule has 1 unspecified atom stereocenters. The van der Waals surface area contributed by atoms with Crippen LogP contribution in [0.3, 0.4) is 0 Å². The summed E-state index contributed by atoms with van der Waals surface area (Å²) < 4.78 is 36.5. The molecule has 0 amide bonds. The first kappa shape index (κ1) is 16.8. The average molecular weight is 313 g/mol. The van der Waals surface area contributed by atoms with Gasteiger partial charge in [0.05, 0.1) is 19.8 Å². The Balaban J connectivity index is 1.68. The van der Waals surface area contributed by atoms with Crippen LogP contribution in [0.25, 0.3) is 0 Å². The molecule has 0 saturated carbocycles. The number of piperidine rings is 1. The lowest BCUT2D eigenvalue weighted by atomic mass is 10.1. The van der Waals surface area contributed by atoms with E-state index in [0.717, 1.165) is 18.4 Å². The maximum absolute atomic E-state index is 13.5. The molecular weight excluding hydrogens is 292 g/mol. The van der Waals surface area contributed by atoms with E-state index in [0.29, 0.717) is 19.7 Å². The van der Waals surface area contributed by atoms with Crippen LogP contribution in [0.5, 0.6) is 0 Å². The number of ether oxygens (including phenoxy) is 2. The molecule has 0 N–H and O–H groups in total. The highest BCUT2D eigenvalue weighted by Gasteiger charge is 2.25. The summed E-state index contributed by atoms with van der Waals surface area (Å²) in [6.45, 7) is 1.88. The molecule has 6 heteroatoms. The van der Waals surface area contributed by atoms with Crippen LogP contribution in [0, 0.1) is 5.82 Å². The molecule has 0 bridgehead atoms. The first-order valence-electron chi connectivity index (χ1n) is 7.39. The molecule has 1 aromatic rings. The fraction of sp³-hybridized carbons (Fsp3) is 0.562. The van der Waals surface area contributed by atoms with E-state index in [1.54, 1.807) is 12.1 Å². The normalized spacial score (nSPS) is 18.1. The van der Waals surface area contributed by atoms with Crippen LogP contribution in [0.1, 0.15) is 18.4 Å². The molecule has 0 aromatic heterocycles. The number of nitrogens with zero attached hydrogens (tertiary/aromatic N) is 1. The summed E-state index contributed by atoms with van der Waals surface area (Å²) in [7, 11) is 1.18. The number of benzene rings is 1. The summed E-state index contributed by atoms with van der Waals surface area (Å²) in [5.74, 6) is -1.09. The van der Waals surface area contributed by atoms with Gasteiger partial charge in [-0.15, -0.1) is 0 Å². The van der Waals surface area contributed by atoms with Gasteiger partial charge in [0.25, 0.3) is 0 Å². The van der Waals surface area contributed by atoms with E-state index < -0.39 is 12.1 Å². The first-order chi connectivity index (χ1) is 10.6. The topological polar surface area (TPSA) is 38.8 Å². The standard InChI is InChI=1S/C16H21F2NO3/c1-21-16(20)15(18)10-19-8-6-14(7-9-19)22-11-12-2-4-13(17)5-3-12/h2-5,14-15H,6-11H2,1H3. The van der Waals surface area contributed by atoms with E-state index >= 15 is 0 Å². The molecular formula is C16H21F2NO3. The van der Waals surface area contributed by atoms with Gasteiger partial charge in [0, 0.05) is 19.6 Å². The van der Waals surface area contributed by atoms with Crippen LogP contribution in [-0.2, 0) is 20.9 Å². The SMILES string of the molecule is COC(=O)C(F)CN1CCC(OCc2ccc(F)cc2)CC1. The molecule has 122 valence electrons. The Morgan fingerprint density at radius 2 is 1.95 bits per heavy atom. The minimum absolute atomic E-state index is 0.0668. The van der Waals surface area contributed by atoms with Gasteiger partial charge in [-0.3, -0.25) is 4.90 Å². The van der Waals surface area contributed by atoms with Crippen LogP contribution in [-0.4, -0.2) is 49.9 Å². The number of likely N-dealkylation sites (tertiary alicyclic amines) is 1. The highest BCUT2D eigenvalue weighted by molar-refractivity contribution is 5.74. The van der Waals surface area contributed by atoms with Gasteiger partial charge < -0.3 is 9.47 Å². The third kappa shape index (κ3) is 5.03. The summed E-state index contributed by atoms with van der Waals surface area (Å²) >= 11 is 0. The van der Waals surface area contributed by atoms with Crippen molar-refractivity contribution in [2.45, 2.75) is 31.7 Å². The monoisotopic (exact) mass is 313 g/mol. The lowest BCUT2D eigenvalue weighted by Gasteiger charge is -2.32. The van der Waals surface area contributed by atoms with E-state index in [9.17, 15) is 13.6 Å². The zero-order valence-corrected chi connectivity index (χ0v) is 12.6.